The van der Waals surface area contributed by atoms with Gasteiger partial charge in [0, 0.05) is 11.1 Å². The average molecular weight is 358 g/mol. The molecule has 0 aliphatic heterocycles. The first-order chi connectivity index (χ1) is 13.2. The Labute approximate surface area is 156 Å². The van der Waals surface area contributed by atoms with Gasteiger partial charge in [-0.3, -0.25) is 5.10 Å². The van der Waals surface area contributed by atoms with Crippen molar-refractivity contribution in [2.45, 2.75) is 13.3 Å². The van der Waals surface area contributed by atoms with Crippen LogP contribution in [-0.2, 0) is 0 Å². The number of aromatic nitrogens is 4. The van der Waals surface area contributed by atoms with Crippen molar-refractivity contribution < 1.29 is 4.39 Å². The SMILES string of the molecule is C=C(/C=C/c1cn[nH]c1-c1nc2c(-c3cccc(F)c3)cccc2[nH]1)CC. The highest BCUT2D eigenvalue weighted by atomic mass is 19.1. The third kappa shape index (κ3) is 3.31. The molecule has 0 aliphatic carbocycles. The Kier molecular flexibility index (Phi) is 4.42. The topological polar surface area (TPSA) is 57.4 Å². The van der Waals surface area contributed by atoms with Crippen molar-refractivity contribution in [2.75, 3.05) is 0 Å². The third-order valence-electron chi connectivity index (χ3n) is 4.51. The van der Waals surface area contributed by atoms with Crippen LogP contribution in [0.25, 0.3) is 39.8 Å². The lowest BCUT2D eigenvalue weighted by Gasteiger charge is -2.02. The van der Waals surface area contributed by atoms with Gasteiger partial charge >= 0.3 is 0 Å². The molecule has 0 saturated heterocycles. The number of aromatic amines is 2. The van der Waals surface area contributed by atoms with Crippen LogP contribution in [0, 0.1) is 5.82 Å². The van der Waals surface area contributed by atoms with E-state index in [9.17, 15) is 4.39 Å². The third-order valence-corrected chi connectivity index (χ3v) is 4.51. The van der Waals surface area contributed by atoms with Crippen molar-refractivity contribution in [3.05, 3.63) is 78.3 Å². The van der Waals surface area contributed by atoms with Gasteiger partial charge in [0.25, 0.3) is 0 Å². The Morgan fingerprint density at radius 2 is 2.07 bits per heavy atom. The molecular formula is C22H19FN4. The summed E-state index contributed by atoms with van der Waals surface area (Å²) in [6.07, 6.45) is 6.61. The van der Waals surface area contributed by atoms with Gasteiger partial charge < -0.3 is 4.98 Å². The lowest BCUT2D eigenvalue weighted by atomic mass is 10.0. The fourth-order valence-electron chi connectivity index (χ4n) is 2.98. The van der Waals surface area contributed by atoms with Crippen molar-refractivity contribution in [1.29, 1.82) is 0 Å². The van der Waals surface area contributed by atoms with Crippen molar-refractivity contribution in [2.24, 2.45) is 0 Å². The first kappa shape index (κ1) is 17.0. The fourth-order valence-corrected chi connectivity index (χ4v) is 2.98. The number of nitrogens with one attached hydrogen (secondary N) is 2. The van der Waals surface area contributed by atoms with Gasteiger partial charge in [-0.25, -0.2) is 9.37 Å². The smallest absolute Gasteiger partial charge is 0.157 e. The molecule has 2 aromatic heterocycles. The molecule has 0 fully saturated rings. The lowest BCUT2D eigenvalue weighted by Crippen LogP contribution is -1.84. The van der Waals surface area contributed by atoms with Gasteiger partial charge in [-0.15, -0.1) is 0 Å². The van der Waals surface area contributed by atoms with Gasteiger partial charge in [0.1, 0.15) is 11.5 Å². The lowest BCUT2D eigenvalue weighted by molar-refractivity contribution is 0.628. The first-order valence-electron chi connectivity index (χ1n) is 8.80. The molecule has 0 spiro atoms. The van der Waals surface area contributed by atoms with E-state index in [1.54, 1.807) is 12.3 Å². The van der Waals surface area contributed by atoms with E-state index >= 15 is 0 Å². The number of imidazole rings is 1. The fraction of sp³-hybridized carbons (Fsp3) is 0.0909. The molecule has 4 aromatic rings. The van der Waals surface area contributed by atoms with E-state index in [-0.39, 0.29) is 5.82 Å². The Bertz CT molecular complexity index is 1150. The summed E-state index contributed by atoms with van der Waals surface area (Å²) >= 11 is 0. The molecule has 0 saturated carbocycles. The average Bonchev–Trinajstić information content (AvgIpc) is 3.31. The quantitative estimate of drug-likeness (QED) is 0.447. The van der Waals surface area contributed by atoms with Gasteiger partial charge in [-0.2, -0.15) is 5.10 Å². The zero-order valence-corrected chi connectivity index (χ0v) is 15.0. The highest BCUT2D eigenvalue weighted by molar-refractivity contribution is 5.93. The zero-order valence-electron chi connectivity index (χ0n) is 15.0. The summed E-state index contributed by atoms with van der Waals surface area (Å²) in [4.78, 5) is 8.10. The largest absolute Gasteiger partial charge is 0.337 e. The molecule has 0 unspecified atom stereocenters. The molecular weight excluding hydrogens is 339 g/mol. The van der Waals surface area contributed by atoms with E-state index < -0.39 is 0 Å². The van der Waals surface area contributed by atoms with Crippen LogP contribution in [0.1, 0.15) is 18.9 Å². The molecule has 2 N–H and O–H groups in total. The van der Waals surface area contributed by atoms with Crippen molar-refractivity contribution in [3.63, 3.8) is 0 Å². The van der Waals surface area contributed by atoms with Crippen LogP contribution in [0.3, 0.4) is 0 Å². The highest BCUT2D eigenvalue weighted by Gasteiger charge is 2.14. The molecule has 0 bridgehead atoms. The summed E-state index contributed by atoms with van der Waals surface area (Å²) in [6, 6.07) is 12.4. The van der Waals surface area contributed by atoms with Gasteiger partial charge in [0.05, 0.1) is 17.2 Å². The first-order valence-corrected chi connectivity index (χ1v) is 8.80. The molecule has 4 nitrogen and oxygen atoms in total. The number of para-hydroxylation sites is 1. The molecule has 5 heteroatoms. The van der Waals surface area contributed by atoms with Gasteiger partial charge in [0.15, 0.2) is 5.82 Å². The van der Waals surface area contributed by atoms with Gasteiger partial charge in [-0.05, 0) is 30.2 Å². The monoisotopic (exact) mass is 358 g/mol. The van der Waals surface area contributed by atoms with Crippen LogP contribution < -0.4 is 0 Å². The number of nitrogens with zero attached hydrogens (tertiary/aromatic N) is 2. The van der Waals surface area contributed by atoms with Crippen molar-refractivity contribution in [3.8, 4) is 22.6 Å². The Morgan fingerprint density at radius 3 is 2.89 bits per heavy atom. The highest BCUT2D eigenvalue weighted by Crippen LogP contribution is 2.30. The number of hydrogen-bond acceptors (Lipinski definition) is 2. The minimum atomic E-state index is -0.266. The molecule has 2 aromatic carbocycles. The summed E-state index contributed by atoms with van der Waals surface area (Å²) < 4.78 is 13.7. The Morgan fingerprint density at radius 1 is 1.22 bits per heavy atom. The van der Waals surface area contributed by atoms with E-state index in [1.807, 2.05) is 36.4 Å². The molecule has 0 atom stereocenters. The number of hydrogen-bond donors (Lipinski definition) is 2. The minimum absolute atomic E-state index is 0.266. The van der Waals surface area contributed by atoms with E-state index in [0.29, 0.717) is 5.82 Å². The summed E-state index contributed by atoms with van der Waals surface area (Å²) in [5.41, 5.74) is 6.12. The number of allylic oxidation sites excluding steroid dienone is 2. The molecule has 0 aliphatic rings. The summed E-state index contributed by atoms with van der Waals surface area (Å²) in [5.74, 6) is 0.422. The van der Waals surface area contributed by atoms with Crippen LogP contribution >= 0.6 is 0 Å². The van der Waals surface area contributed by atoms with Crippen LogP contribution in [0.5, 0.6) is 0 Å². The van der Waals surface area contributed by atoms with Crippen LogP contribution in [0.15, 0.2) is 66.9 Å². The van der Waals surface area contributed by atoms with Crippen molar-refractivity contribution in [1.82, 2.24) is 20.2 Å². The van der Waals surface area contributed by atoms with Crippen LogP contribution in [0.2, 0.25) is 0 Å². The Balaban J connectivity index is 1.80. The maximum Gasteiger partial charge on any atom is 0.157 e. The van der Waals surface area contributed by atoms with E-state index in [0.717, 1.165) is 45.4 Å². The minimum Gasteiger partial charge on any atom is -0.337 e. The standard InChI is InChI=1S/C22H19FN4/c1-3-14(2)10-11-16-13-24-27-20(16)22-25-19-9-5-8-18(21(19)26-22)15-6-4-7-17(23)12-15/h4-13H,2-3H2,1H3,(H,24,27)(H,25,26)/b11-10+. The van der Waals surface area contributed by atoms with Gasteiger partial charge in [-0.1, -0.05) is 55.5 Å². The maximum atomic E-state index is 13.7. The summed E-state index contributed by atoms with van der Waals surface area (Å²) in [7, 11) is 0. The molecule has 134 valence electrons. The van der Waals surface area contributed by atoms with Crippen LogP contribution in [0.4, 0.5) is 4.39 Å². The molecule has 0 amide bonds. The number of benzene rings is 2. The zero-order chi connectivity index (χ0) is 18.8. The molecule has 2 heterocycles. The maximum absolute atomic E-state index is 13.7. The second kappa shape index (κ2) is 7.03. The van der Waals surface area contributed by atoms with E-state index in [2.05, 4.69) is 28.7 Å². The van der Waals surface area contributed by atoms with Crippen molar-refractivity contribution >= 4 is 17.1 Å². The predicted octanol–water partition coefficient (Wildman–Crippen LogP) is 5.74. The summed E-state index contributed by atoms with van der Waals surface area (Å²) in [5, 5.41) is 7.16. The number of fused-ring (bicyclic) bond motifs is 1. The van der Waals surface area contributed by atoms with Crippen LogP contribution in [-0.4, -0.2) is 20.2 Å². The number of rotatable bonds is 5. The number of H-pyrrole nitrogens is 2. The normalized spacial score (nSPS) is 11.5. The molecule has 27 heavy (non-hydrogen) atoms. The predicted molar refractivity (Wildman–Crippen MR) is 108 cm³/mol. The Hall–Kier alpha value is -3.47. The molecule has 0 radical (unpaired) electrons. The van der Waals surface area contributed by atoms with E-state index in [4.69, 9.17) is 4.98 Å². The second-order valence-corrected chi connectivity index (χ2v) is 6.34. The molecule has 4 rings (SSSR count). The second-order valence-electron chi connectivity index (χ2n) is 6.34. The summed E-state index contributed by atoms with van der Waals surface area (Å²) in [6.45, 7) is 6.06. The van der Waals surface area contributed by atoms with E-state index in [1.165, 1.54) is 12.1 Å². The van der Waals surface area contributed by atoms with Gasteiger partial charge in [0.2, 0.25) is 0 Å². The number of halogens is 1.